The maximum Gasteiger partial charge on any atom is 0.261 e. The smallest absolute Gasteiger partial charge is 0.261 e. The molecule has 0 radical (unpaired) electrons. The molecule has 0 aliphatic rings. The summed E-state index contributed by atoms with van der Waals surface area (Å²) >= 11 is 5.75. The summed E-state index contributed by atoms with van der Waals surface area (Å²) in [6.45, 7) is 2.97. The minimum Gasteiger partial charge on any atom is -0.507 e. The zero-order valence-electron chi connectivity index (χ0n) is 9.89. The standard InChI is InChI=1S/C12H13ClN2O3/c1-2-5-17-7-11-14-12(18-15-11)9-4-3-8(13)6-10(9)16/h3-4,6,16H,2,5,7H2,1H3. The molecule has 0 aliphatic carbocycles. The number of hydrogen-bond donors (Lipinski definition) is 1. The van der Waals surface area contributed by atoms with Crippen LogP contribution in [0.3, 0.4) is 0 Å². The highest BCUT2D eigenvalue weighted by molar-refractivity contribution is 6.30. The molecule has 0 saturated heterocycles. The fraction of sp³-hybridized carbons (Fsp3) is 0.333. The van der Waals surface area contributed by atoms with Gasteiger partial charge in [0.05, 0.1) is 5.56 Å². The number of ether oxygens (including phenoxy) is 1. The molecular formula is C12H13ClN2O3. The summed E-state index contributed by atoms with van der Waals surface area (Å²) in [7, 11) is 0. The van der Waals surface area contributed by atoms with Crippen LogP contribution < -0.4 is 0 Å². The number of nitrogens with zero attached hydrogens (tertiary/aromatic N) is 2. The van der Waals surface area contributed by atoms with Crippen molar-refractivity contribution in [3.8, 4) is 17.2 Å². The van der Waals surface area contributed by atoms with Gasteiger partial charge in [-0.1, -0.05) is 23.7 Å². The van der Waals surface area contributed by atoms with E-state index < -0.39 is 0 Å². The molecule has 0 bridgehead atoms. The number of halogens is 1. The molecule has 0 saturated carbocycles. The van der Waals surface area contributed by atoms with E-state index in [1.54, 1.807) is 12.1 Å². The van der Waals surface area contributed by atoms with Crippen molar-refractivity contribution in [1.29, 1.82) is 0 Å². The number of hydrogen-bond acceptors (Lipinski definition) is 5. The molecule has 0 fully saturated rings. The Morgan fingerprint density at radius 3 is 3.00 bits per heavy atom. The summed E-state index contributed by atoms with van der Waals surface area (Å²) < 4.78 is 10.4. The number of aromatic nitrogens is 2. The predicted molar refractivity (Wildman–Crippen MR) is 66.4 cm³/mol. The molecule has 2 aromatic rings. The zero-order valence-corrected chi connectivity index (χ0v) is 10.6. The van der Waals surface area contributed by atoms with Crippen LogP contribution in [0.1, 0.15) is 19.2 Å². The highest BCUT2D eigenvalue weighted by Gasteiger charge is 2.13. The number of rotatable bonds is 5. The second-order valence-electron chi connectivity index (χ2n) is 3.73. The molecule has 0 amide bonds. The average Bonchev–Trinajstić information content (AvgIpc) is 2.78. The number of phenols is 1. The van der Waals surface area contributed by atoms with Crippen LogP contribution in [0.4, 0.5) is 0 Å². The Kier molecular flexibility index (Phi) is 4.17. The number of benzene rings is 1. The summed E-state index contributed by atoms with van der Waals surface area (Å²) in [6, 6.07) is 4.70. The first-order valence-corrected chi connectivity index (χ1v) is 5.97. The summed E-state index contributed by atoms with van der Waals surface area (Å²) in [6.07, 6.45) is 0.933. The maximum atomic E-state index is 9.72. The Morgan fingerprint density at radius 2 is 2.28 bits per heavy atom. The third kappa shape index (κ3) is 3.00. The van der Waals surface area contributed by atoms with Gasteiger partial charge in [-0.25, -0.2) is 0 Å². The van der Waals surface area contributed by atoms with Crippen molar-refractivity contribution in [1.82, 2.24) is 10.1 Å². The van der Waals surface area contributed by atoms with Crippen molar-refractivity contribution >= 4 is 11.6 Å². The highest BCUT2D eigenvalue weighted by Crippen LogP contribution is 2.30. The second kappa shape index (κ2) is 5.84. The SMILES string of the molecule is CCCOCc1noc(-c2ccc(Cl)cc2O)n1. The largest absolute Gasteiger partial charge is 0.507 e. The van der Waals surface area contributed by atoms with E-state index >= 15 is 0 Å². The van der Waals surface area contributed by atoms with Gasteiger partial charge in [-0.15, -0.1) is 0 Å². The molecule has 1 heterocycles. The van der Waals surface area contributed by atoms with Gasteiger partial charge in [0, 0.05) is 11.6 Å². The Balaban J connectivity index is 2.13. The lowest BCUT2D eigenvalue weighted by atomic mass is 10.2. The van der Waals surface area contributed by atoms with Crippen LogP contribution in [0.5, 0.6) is 5.75 Å². The van der Waals surface area contributed by atoms with Gasteiger partial charge in [0.2, 0.25) is 0 Å². The molecule has 6 heteroatoms. The third-order valence-corrected chi connectivity index (χ3v) is 2.47. The van der Waals surface area contributed by atoms with E-state index in [4.69, 9.17) is 20.9 Å². The van der Waals surface area contributed by atoms with Crippen molar-refractivity contribution in [2.75, 3.05) is 6.61 Å². The summed E-state index contributed by atoms with van der Waals surface area (Å²) in [5, 5.41) is 13.9. The molecule has 1 N–H and O–H groups in total. The van der Waals surface area contributed by atoms with Gasteiger partial charge in [0.25, 0.3) is 5.89 Å². The van der Waals surface area contributed by atoms with E-state index in [1.807, 2.05) is 6.92 Å². The predicted octanol–water partition coefficient (Wildman–Crippen LogP) is 3.02. The van der Waals surface area contributed by atoms with E-state index in [-0.39, 0.29) is 11.6 Å². The van der Waals surface area contributed by atoms with Crippen molar-refractivity contribution in [2.45, 2.75) is 20.0 Å². The Labute approximate surface area is 109 Å². The Morgan fingerprint density at radius 1 is 1.44 bits per heavy atom. The van der Waals surface area contributed by atoms with Crippen LogP contribution in [-0.4, -0.2) is 21.9 Å². The van der Waals surface area contributed by atoms with Gasteiger partial charge in [-0.05, 0) is 24.6 Å². The van der Waals surface area contributed by atoms with Gasteiger partial charge in [0.15, 0.2) is 5.82 Å². The number of phenolic OH excluding ortho intramolecular Hbond substituents is 1. The summed E-state index contributed by atoms with van der Waals surface area (Å²) in [4.78, 5) is 4.14. The van der Waals surface area contributed by atoms with Gasteiger partial charge in [-0.3, -0.25) is 0 Å². The van der Waals surface area contributed by atoms with Crippen LogP contribution in [0, 0.1) is 0 Å². The topological polar surface area (TPSA) is 68.4 Å². The maximum absolute atomic E-state index is 9.72. The molecule has 96 valence electrons. The first-order valence-electron chi connectivity index (χ1n) is 5.60. The van der Waals surface area contributed by atoms with Gasteiger partial charge >= 0.3 is 0 Å². The molecule has 0 atom stereocenters. The molecular weight excluding hydrogens is 256 g/mol. The molecule has 0 spiro atoms. The van der Waals surface area contributed by atoms with Gasteiger partial charge < -0.3 is 14.4 Å². The van der Waals surface area contributed by atoms with E-state index in [2.05, 4.69) is 10.1 Å². The van der Waals surface area contributed by atoms with Crippen LogP contribution in [-0.2, 0) is 11.3 Å². The minimum absolute atomic E-state index is 0.00664. The minimum atomic E-state index is 0.00664. The molecule has 18 heavy (non-hydrogen) atoms. The van der Waals surface area contributed by atoms with Crippen LogP contribution in [0.15, 0.2) is 22.7 Å². The van der Waals surface area contributed by atoms with E-state index in [0.717, 1.165) is 6.42 Å². The van der Waals surface area contributed by atoms with Crippen LogP contribution in [0.25, 0.3) is 11.5 Å². The lowest BCUT2D eigenvalue weighted by Crippen LogP contribution is -1.95. The lowest BCUT2D eigenvalue weighted by Gasteiger charge is -1.99. The summed E-state index contributed by atoms with van der Waals surface area (Å²) in [5.74, 6) is 0.708. The normalized spacial score (nSPS) is 10.8. The van der Waals surface area contributed by atoms with Crippen molar-refractivity contribution in [2.24, 2.45) is 0 Å². The monoisotopic (exact) mass is 268 g/mol. The number of aromatic hydroxyl groups is 1. The lowest BCUT2D eigenvalue weighted by molar-refractivity contribution is 0.114. The molecule has 0 aliphatic heterocycles. The molecule has 2 rings (SSSR count). The van der Waals surface area contributed by atoms with Crippen molar-refractivity contribution in [3.63, 3.8) is 0 Å². The molecule has 1 aromatic heterocycles. The molecule has 5 nitrogen and oxygen atoms in total. The average molecular weight is 269 g/mol. The van der Waals surface area contributed by atoms with Crippen molar-refractivity contribution in [3.05, 3.63) is 29.0 Å². The third-order valence-electron chi connectivity index (χ3n) is 2.24. The first kappa shape index (κ1) is 12.9. The fourth-order valence-corrected chi connectivity index (χ4v) is 1.58. The van der Waals surface area contributed by atoms with E-state index in [9.17, 15) is 5.11 Å². The van der Waals surface area contributed by atoms with Crippen LogP contribution >= 0.6 is 11.6 Å². The Hall–Kier alpha value is -1.59. The fourth-order valence-electron chi connectivity index (χ4n) is 1.42. The van der Waals surface area contributed by atoms with Crippen molar-refractivity contribution < 1.29 is 14.4 Å². The van der Waals surface area contributed by atoms with Gasteiger partial charge in [0.1, 0.15) is 12.4 Å². The quantitative estimate of drug-likeness (QED) is 0.844. The highest BCUT2D eigenvalue weighted by atomic mass is 35.5. The molecule has 0 unspecified atom stereocenters. The van der Waals surface area contributed by atoms with Gasteiger partial charge in [-0.2, -0.15) is 4.98 Å². The Bertz CT molecular complexity index is 528. The second-order valence-corrected chi connectivity index (χ2v) is 4.17. The van der Waals surface area contributed by atoms with E-state index in [0.29, 0.717) is 29.6 Å². The molecule has 1 aromatic carbocycles. The first-order chi connectivity index (χ1) is 8.70. The van der Waals surface area contributed by atoms with E-state index in [1.165, 1.54) is 6.07 Å². The summed E-state index contributed by atoms with van der Waals surface area (Å²) in [5.41, 5.74) is 0.452. The zero-order chi connectivity index (χ0) is 13.0. The van der Waals surface area contributed by atoms with Crippen LogP contribution in [0.2, 0.25) is 5.02 Å².